The lowest BCUT2D eigenvalue weighted by molar-refractivity contribution is 0.287. The molecule has 0 unspecified atom stereocenters. The molecule has 0 spiro atoms. The maximum Gasteiger partial charge on any atom is 0.233 e. The van der Waals surface area contributed by atoms with E-state index in [1.807, 2.05) is 22.9 Å². The quantitative estimate of drug-likeness (QED) is 0.797. The standard InChI is InChI=1S/C14H18N4S2/c1-11-3-7-17(8-4-11)14(19)20-10-12-9-18-6-2-5-15-13(18)16-12/h2,5-6,9,11H,3-4,7-8,10H2,1H3. The fourth-order valence-electron chi connectivity index (χ4n) is 2.37. The van der Waals surface area contributed by atoms with Crippen LogP contribution in [0.5, 0.6) is 0 Å². The highest BCUT2D eigenvalue weighted by Crippen LogP contribution is 2.22. The number of thiocarbonyl (C=S) groups is 1. The van der Waals surface area contributed by atoms with Crippen molar-refractivity contribution in [1.82, 2.24) is 19.3 Å². The van der Waals surface area contributed by atoms with E-state index in [0.29, 0.717) is 0 Å². The van der Waals surface area contributed by atoms with E-state index in [2.05, 4.69) is 21.8 Å². The van der Waals surface area contributed by atoms with Crippen molar-refractivity contribution in [3.05, 3.63) is 30.4 Å². The molecule has 2 aromatic heterocycles. The Morgan fingerprint density at radius 3 is 3.00 bits per heavy atom. The molecule has 0 amide bonds. The van der Waals surface area contributed by atoms with Crippen molar-refractivity contribution in [3.63, 3.8) is 0 Å². The van der Waals surface area contributed by atoms with E-state index in [0.717, 1.165) is 40.6 Å². The summed E-state index contributed by atoms with van der Waals surface area (Å²) in [5.41, 5.74) is 1.03. The summed E-state index contributed by atoms with van der Waals surface area (Å²) < 4.78 is 2.95. The van der Waals surface area contributed by atoms with Crippen LogP contribution >= 0.6 is 24.0 Å². The third-order valence-corrected chi connectivity index (χ3v) is 5.23. The molecule has 2 aromatic rings. The summed E-state index contributed by atoms with van der Waals surface area (Å²) in [7, 11) is 0. The minimum absolute atomic E-state index is 0.751. The van der Waals surface area contributed by atoms with Crippen molar-refractivity contribution >= 4 is 34.1 Å². The molecule has 0 aliphatic carbocycles. The molecule has 0 atom stereocenters. The first kappa shape index (κ1) is 13.8. The van der Waals surface area contributed by atoms with Crippen LogP contribution in [0.1, 0.15) is 25.5 Å². The van der Waals surface area contributed by atoms with Crippen LogP contribution in [0.3, 0.4) is 0 Å². The number of hydrogen-bond acceptors (Lipinski definition) is 4. The molecule has 1 aliphatic rings. The Balaban J connectivity index is 1.57. The average Bonchev–Trinajstić information content (AvgIpc) is 2.88. The van der Waals surface area contributed by atoms with E-state index in [-0.39, 0.29) is 0 Å². The summed E-state index contributed by atoms with van der Waals surface area (Å²) in [6.45, 7) is 4.51. The molecule has 3 rings (SSSR count). The molecule has 1 aliphatic heterocycles. The molecule has 20 heavy (non-hydrogen) atoms. The van der Waals surface area contributed by atoms with Gasteiger partial charge in [0.25, 0.3) is 0 Å². The maximum absolute atomic E-state index is 5.53. The van der Waals surface area contributed by atoms with E-state index < -0.39 is 0 Å². The number of thioether (sulfide) groups is 1. The van der Waals surface area contributed by atoms with E-state index in [1.165, 1.54) is 12.8 Å². The molecule has 0 saturated carbocycles. The average molecular weight is 306 g/mol. The van der Waals surface area contributed by atoms with Crippen molar-refractivity contribution in [1.29, 1.82) is 0 Å². The third-order valence-electron chi connectivity index (χ3n) is 3.67. The van der Waals surface area contributed by atoms with Gasteiger partial charge in [0.1, 0.15) is 4.32 Å². The van der Waals surface area contributed by atoms with Gasteiger partial charge in [-0.3, -0.25) is 4.40 Å². The molecule has 0 radical (unpaired) electrons. The first-order valence-corrected chi connectivity index (χ1v) is 8.32. The van der Waals surface area contributed by atoms with Gasteiger partial charge in [-0.2, -0.15) is 0 Å². The summed E-state index contributed by atoms with van der Waals surface area (Å²) in [5, 5.41) is 0. The van der Waals surface area contributed by atoms with Gasteiger partial charge in [0.05, 0.1) is 5.69 Å². The molecule has 0 bridgehead atoms. The van der Waals surface area contributed by atoms with Crippen LogP contribution in [-0.2, 0) is 5.75 Å². The number of rotatable bonds is 2. The Morgan fingerprint density at radius 1 is 1.45 bits per heavy atom. The number of imidazole rings is 1. The van der Waals surface area contributed by atoms with E-state index >= 15 is 0 Å². The Bertz CT molecular complexity index is 569. The highest BCUT2D eigenvalue weighted by Gasteiger charge is 2.18. The van der Waals surface area contributed by atoms with Crippen LogP contribution < -0.4 is 0 Å². The van der Waals surface area contributed by atoms with Crippen molar-refractivity contribution in [2.75, 3.05) is 13.1 Å². The normalized spacial score (nSPS) is 16.8. The lowest BCUT2D eigenvalue weighted by Crippen LogP contribution is -2.35. The monoisotopic (exact) mass is 306 g/mol. The van der Waals surface area contributed by atoms with Gasteiger partial charge in [-0.15, -0.1) is 0 Å². The maximum atomic E-state index is 5.53. The molecule has 1 fully saturated rings. The second-order valence-electron chi connectivity index (χ2n) is 5.28. The van der Waals surface area contributed by atoms with Crippen LogP contribution in [0.4, 0.5) is 0 Å². The van der Waals surface area contributed by atoms with Gasteiger partial charge in [-0.1, -0.05) is 30.9 Å². The van der Waals surface area contributed by atoms with Crippen LogP contribution in [0.15, 0.2) is 24.7 Å². The van der Waals surface area contributed by atoms with E-state index in [4.69, 9.17) is 12.2 Å². The molecule has 106 valence electrons. The molecular formula is C14H18N4S2. The number of piperidine rings is 1. The fourth-order valence-corrected chi connectivity index (χ4v) is 3.50. The molecule has 0 N–H and O–H groups in total. The Labute approximate surface area is 128 Å². The minimum Gasteiger partial charge on any atom is -0.357 e. The number of likely N-dealkylation sites (tertiary alicyclic amines) is 1. The fraction of sp³-hybridized carbons (Fsp3) is 0.500. The molecular weight excluding hydrogens is 288 g/mol. The number of fused-ring (bicyclic) bond motifs is 1. The van der Waals surface area contributed by atoms with Crippen molar-refractivity contribution in [2.24, 2.45) is 5.92 Å². The lowest BCUT2D eigenvalue weighted by atomic mass is 10.00. The van der Waals surface area contributed by atoms with Gasteiger partial charge in [0.2, 0.25) is 5.78 Å². The minimum atomic E-state index is 0.751. The largest absolute Gasteiger partial charge is 0.357 e. The van der Waals surface area contributed by atoms with Gasteiger partial charge >= 0.3 is 0 Å². The SMILES string of the molecule is CC1CCN(C(=S)SCc2cn3cccnc3n2)CC1. The van der Waals surface area contributed by atoms with Crippen LogP contribution in [0.2, 0.25) is 0 Å². The number of hydrogen-bond donors (Lipinski definition) is 0. The summed E-state index contributed by atoms with van der Waals surface area (Å²) in [4.78, 5) is 11.0. The van der Waals surface area contributed by atoms with E-state index in [1.54, 1.807) is 18.0 Å². The highest BCUT2D eigenvalue weighted by atomic mass is 32.2. The summed E-state index contributed by atoms with van der Waals surface area (Å²) in [6.07, 6.45) is 8.25. The van der Waals surface area contributed by atoms with Crippen molar-refractivity contribution in [2.45, 2.75) is 25.5 Å². The first-order valence-electron chi connectivity index (χ1n) is 6.92. The van der Waals surface area contributed by atoms with Gasteiger partial charge in [-0.25, -0.2) is 9.97 Å². The predicted octanol–water partition coefficient (Wildman–Crippen LogP) is 2.98. The van der Waals surface area contributed by atoms with Crippen LogP contribution in [-0.4, -0.2) is 36.7 Å². The molecule has 4 nitrogen and oxygen atoms in total. The highest BCUT2D eigenvalue weighted by molar-refractivity contribution is 8.22. The number of nitrogens with zero attached hydrogens (tertiary/aromatic N) is 4. The van der Waals surface area contributed by atoms with Gasteiger partial charge < -0.3 is 4.90 Å². The summed E-state index contributed by atoms with van der Waals surface area (Å²) in [6, 6.07) is 1.91. The van der Waals surface area contributed by atoms with Gasteiger partial charge in [0.15, 0.2) is 0 Å². The smallest absolute Gasteiger partial charge is 0.233 e. The predicted molar refractivity (Wildman–Crippen MR) is 86.9 cm³/mol. The van der Waals surface area contributed by atoms with Crippen molar-refractivity contribution in [3.8, 4) is 0 Å². The Kier molecular flexibility index (Phi) is 4.21. The first-order chi connectivity index (χ1) is 9.72. The van der Waals surface area contributed by atoms with Crippen molar-refractivity contribution < 1.29 is 0 Å². The van der Waals surface area contributed by atoms with Crippen LogP contribution in [0, 0.1) is 5.92 Å². The Hall–Kier alpha value is -1.14. The van der Waals surface area contributed by atoms with Crippen LogP contribution in [0.25, 0.3) is 5.78 Å². The third kappa shape index (κ3) is 3.12. The second-order valence-corrected chi connectivity index (χ2v) is 6.89. The Morgan fingerprint density at radius 2 is 2.25 bits per heavy atom. The zero-order valence-corrected chi connectivity index (χ0v) is 13.2. The second kappa shape index (κ2) is 6.10. The molecule has 6 heteroatoms. The molecule has 3 heterocycles. The molecule has 0 aromatic carbocycles. The molecule has 1 saturated heterocycles. The zero-order chi connectivity index (χ0) is 13.9. The number of aromatic nitrogens is 3. The van der Waals surface area contributed by atoms with E-state index in [9.17, 15) is 0 Å². The zero-order valence-electron chi connectivity index (χ0n) is 11.5. The summed E-state index contributed by atoms with van der Waals surface area (Å²) in [5.74, 6) is 2.40. The topological polar surface area (TPSA) is 33.4 Å². The summed E-state index contributed by atoms with van der Waals surface area (Å²) >= 11 is 7.24. The van der Waals surface area contributed by atoms with Gasteiger partial charge in [-0.05, 0) is 24.8 Å². The lowest BCUT2D eigenvalue weighted by Gasteiger charge is -2.31. The van der Waals surface area contributed by atoms with Gasteiger partial charge in [0, 0.05) is 37.4 Å².